The van der Waals surface area contributed by atoms with Gasteiger partial charge < -0.3 is 14.9 Å². The first kappa shape index (κ1) is 11.4. The zero-order valence-corrected chi connectivity index (χ0v) is 10.4. The van der Waals surface area contributed by atoms with Crippen molar-refractivity contribution in [2.24, 2.45) is 5.41 Å². The van der Waals surface area contributed by atoms with Crippen LogP contribution in [0.5, 0.6) is 0 Å². The van der Waals surface area contributed by atoms with Gasteiger partial charge in [0, 0.05) is 17.4 Å². The maximum absolute atomic E-state index is 11.6. The summed E-state index contributed by atoms with van der Waals surface area (Å²) < 4.78 is 5.73. The third kappa shape index (κ3) is 1.03. The zero-order valence-electron chi connectivity index (χ0n) is 10.4. The van der Waals surface area contributed by atoms with Crippen LogP contribution in [0.2, 0.25) is 0 Å². The van der Waals surface area contributed by atoms with E-state index in [1.807, 2.05) is 13.8 Å². The largest absolute Gasteiger partial charge is 0.385 e. The Bertz CT molecular complexity index is 432. The molecule has 1 aliphatic heterocycles. The number of carbonyl (C=O) groups excluding carboxylic acids is 1. The Morgan fingerprint density at radius 3 is 2.53 bits per heavy atom. The van der Waals surface area contributed by atoms with Gasteiger partial charge in [0.25, 0.3) is 0 Å². The minimum absolute atomic E-state index is 0.170. The number of ether oxygens (including phenoxy) is 1. The molecular formula is C13H18O4. The molecule has 0 spiro atoms. The van der Waals surface area contributed by atoms with Gasteiger partial charge in [-0.15, -0.1) is 0 Å². The Hall–Kier alpha value is -0.710. The number of ketones is 1. The van der Waals surface area contributed by atoms with Crippen molar-refractivity contribution in [3.8, 4) is 0 Å². The fourth-order valence-electron chi connectivity index (χ4n) is 4.10. The van der Waals surface area contributed by atoms with Gasteiger partial charge in [-0.1, -0.05) is 6.92 Å². The first-order chi connectivity index (χ1) is 7.66. The van der Waals surface area contributed by atoms with E-state index < -0.39 is 22.2 Å². The second-order valence-electron chi connectivity index (χ2n) is 6.35. The fraction of sp³-hybridized carbons (Fsp3) is 0.769. The lowest BCUT2D eigenvalue weighted by Gasteiger charge is -2.58. The molecule has 0 unspecified atom stereocenters. The smallest absolute Gasteiger partial charge is 0.158 e. The minimum Gasteiger partial charge on any atom is -0.385 e. The number of Topliss-reactive ketones (excluding diaryl/α,β-unsaturated/α-hetero) is 1. The number of rotatable bonds is 1. The van der Waals surface area contributed by atoms with Gasteiger partial charge in [-0.25, -0.2) is 0 Å². The van der Waals surface area contributed by atoms with Crippen LogP contribution in [0.1, 0.15) is 33.6 Å². The van der Waals surface area contributed by atoms with Crippen molar-refractivity contribution in [2.75, 3.05) is 6.61 Å². The second kappa shape index (κ2) is 2.66. The fourth-order valence-corrected chi connectivity index (χ4v) is 4.10. The lowest BCUT2D eigenvalue weighted by atomic mass is 9.49. The Morgan fingerprint density at radius 2 is 2.00 bits per heavy atom. The first-order valence-electron chi connectivity index (χ1n) is 5.99. The molecule has 4 bridgehead atoms. The molecule has 2 N–H and O–H groups in total. The van der Waals surface area contributed by atoms with Gasteiger partial charge in [0.2, 0.25) is 0 Å². The van der Waals surface area contributed by atoms with E-state index >= 15 is 0 Å². The van der Waals surface area contributed by atoms with E-state index in [-0.39, 0.29) is 12.2 Å². The van der Waals surface area contributed by atoms with E-state index in [4.69, 9.17) is 4.74 Å². The van der Waals surface area contributed by atoms with Crippen molar-refractivity contribution in [2.45, 2.75) is 50.4 Å². The van der Waals surface area contributed by atoms with Crippen LogP contribution in [0, 0.1) is 5.41 Å². The summed E-state index contributed by atoms with van der Waals surface area (Å²) >= 11 is 0. The number of carbonyl (C=O) groups is 1. The molecule has 0 radical (unpaired) electrons. The highest BCUT2D eigenvalue weighted by molar-refractivity contribution is 5.96. The molecule has 4 atom stereocenters. The third-order valence-corrected chi connectivity index (χ3v) is 4.98. The van der Waals surface area contributed by atoms with Crippen molar-refractivity contribution >= 4 is 5.78 Å². The molecule has 4 rings (SSSR count). The van der Waals surface area contributed by atoms with Crippen LogP contribution in [0.4, 0.5) is 0 Å². The van der Waals surface area contributed by atoms with Crippen LogP contribution in [-0.2, 0) is 9.53 Å². The van der Waals surface area contributed by atoms with Crippen LogP contribution in [0.25, 0.3) is 0 Å². The molecule has 0 aromatic heterocycles. The van der Waals surface area contributed by atoms with Crippen molar-refractivity contribution < 1.29 is 19.7 Å². The summed E-state index contributed by atoms with van der Waals surface area (Å²) in [6.07, 6.45) is 2.23. The van der Waals surface area contributed by atoms with Gasteiger partial charge in [-0.2, -0.15) is 0 Å². The summed E-state index contributed by atoms with van der Waals surface area (Å²) in [5.74, 6) is -0.170. The SMILES string of the molecule is CC(=O)C1=C[C@@]2(O)[C@]3(C)CO[C@@]2(C)C[C@@]1(O)C3. The highest BCUT2D eigenvalue weighted by Gasteiger charge is 2.74. The predicted molar refractivity (Wildman–Crippen MR) is 60.4 cm³/mol. The van der Waals surface area contributed by atoms with Crippen molar-refractivity contribution in [1.82, 2.24) is 0 Å². The van der Waals surface area contributed by atoms with Gasteiger partial charge in [-0.3, -0.25) is 4.79 Å². The van der Waals surface area contributed by atoms with E-state index in [0.717, 1.165) is 0 Å². The van der Waals surface area contributed by atoms with Crippen molar-refractivity contribution in [3.63, 3.8) is 0 Å². The van der Waals surface area contributed by atoms with E-state index in [1.54, 1.807) is 6.08 Å². The topological polar surface area (TPSA) is 66.8 Å². The molecule has 94 valence electrons. The maximum atomic E-state index is 11.6. The molecule has 1 saturated heterocycles. The molecule has 1 saturated carbocycles. The normalized spacial score (nSPS) is 55.9. The lowest BCUT2D eigenvalue weighted by Crippen LogP contribution is -2.69. The lowest BCUT2D eigenvalue weighted by molar-refractivity contribution is -0.187. The number of aliphatic hydroxyl groups is 2. The summed E-state index contributed by atoms with van der Waals surface area (Å²) in [6.45, 7) is 5.58. The quantitative estimate of drug-likeness (QED) is 0.700. The molecule has 0 aromatic rings. The third-order valence-electron chi connectivity index (χ3n) is 4.98. The van der Waals surface area contributed by atoms with E-state index in [0.29, 0.717) is 18.6 Å². The average Bonchev–Trinajstić information content (AvgIpc) is 2.30. The Kier molecular flexibility index (Phi) is 1.78. The van der Waals surface area contributed by atoms with Crippen LogP contribution in [0.3, 0.4) is 0 Å². The van der Waals surface area contributed by atoms with Gasteiger partial charge >= 0.3 is 0 Å². The van der Waals surface area contributed by atoms with Gasteiger partial charge in [0.15, 0.2) is 5.78 Å². The van der Waals surface area contributed by atoms with Crippen LogP contribution in [0.15, 0.2) is 11.6 Å². The first-order valence-corrected chi connectivity index (χ1v) is 5.99. The summed E-state index contributed by atoms with van der Waals surface area (Å²) in [7, 11) is 0. The minimum atomic E-state index is -1.15. The molecule has 4 aliphatic rings. The zero-order chi connectivity index (χ0) is 12.7. The Labute approximate surface area is 100 Å². The molecule has 4 heteroatoms. The average molecular weight is 238 g/mol. The van der Waals surface area contributed by atoms with E-state index in [9.17, 15) is 15.0 Å². The molecule has 3 aliphatic carbocycles. The van der Waals surface area contributed by atoms with Gasteiger partial charge in [-0.05, 0) is 26.3 Å². The van der Waals surface area contributed by atoms with Crippen LogP contribution >= 0.6 is 0 Å². The summed E-state index contributed by atoms with van der Waals surface area (Å²) in [5, 5.41) is 21.6. The van der Waals surface area contributed by atoms with Gasteiger partial charge in [0.1, 0.15) is 11.2 Å². The molecule has 17 heavy (non-hydrogen) atoms. The number of hydrogen-bond donors (Lipinski definition) is 2. The Morgan fingerprint density at radius 1 is 1.35 bits per heavy atom. The van der Waals surface area contributed by atoms with E-state index in [1.165, 1.54) is 6.92 Å². The Balaban J connectivity index is 2.26. The standard InChI is InChI=1S/C13H18O4/c1-8(14)9-4-13(16)10(2)5-12(9,15)6-11(13,3)17-7-10/h4,15-16H,5-7H2,1-3H3/t10-,11-,12-,13+/m0/s1. The monoisotopic (exact) mass is 238 g/mol. The molecule has 0 aromatic carbocycles. The highest BCUT2D eigenvalue weighted by Crippen LogP contribution is 2.65. The highest BCUT2D eigenvalue weighted by atomic mass is 16.5. The number of hydrogen-bond acceptors (Lipinski definition) is 4. The van der Waals surface area contributed by atoms with Gasteiger partial charge in [0.05, 0.1) is 12.2 Å². The van der Waals surface area contributed by atoms with Crippen LogP contribution in [-0.4, -0.2) is 39.4 Å². The molecular weight excluding hydrogens is 220 g/mol. The van der Waals surface area contributed by atoms with Crippen molar-refractivity contribution in [3.05, 3.63) is 11.6 Å². The summed E-state index contributed by atoms with van der Waals surface area (Å²) in [5.41, 5.74) is -3.23. The maximum Gasteiger partial charge on any atom is 0.158 e. The summed E-state index contributed by atoms with van der Waals surface area (Å²) in [4.78, 5) is 11.6. The predicted octanol–water partition coefficient (Wildman–Crippen LogP) is 0.567. The molecule has 1 heterocycles. The van der Waals surface area contributed by atoms with E-state index in [2.05, 4.69) is 0 Å². The van der Waals surface area contributed by atoms with Crippen molar-refractivity contribution in [1.29, 1.82) is 0 Å². The summed E-state index contributed by atoms with van der Waals surface area (Å²) in [6, 6.07) is 0. The molecule has 4 nitrogen and oxygen atoms in total. The molecule has 2 fully saturated rings. The second-order valence-corrected chi connectivity index (χ2v) is 6.35. The molecule has 0 amide bonds. The van der Waals surface area contributed by atoms with Crippen LogP contribution < -0.4 is 0 Å².